The number of nitrogens with two attached hydrogens (primary N) is 1. The lowest BCUT2D eigenvalue weighted by molar-refractivity contribution is 0.460. The molecule has 0 aliphatic carbocycles. The number of aromatic nitrogens is 3. The molecule has 0 saturated heterocycles. The third-order valence-electron chi connectivity index (χ3n) is 2.40. The number of nitrogens with one attached hydrogen (secondary N) is 1. The summed E-state index contributed by atoms with van der Waals surface area (Å²) in [6.07, 6.45) is 3.42. The molecule has 0 saturated carbocycles. The van der Waals surface area contributed by atoms with Gasteiger partial charge in [0.15, 0.2) is 5.75 Å². The van der Waals surface area contributed by atoms with Gasteiger partial charge in [-0.25, -0.2) is 4.98 Å². The topological polar surface area (TPSA) is 89.8 Å². The first-order chi connectivity index (χ1) is 8.58. The molecular formula is C12H15N5O. The molecule has 3 N–H and O–H groups in total. The SMILES string of the molecule is CCn1cc(Oc2cc(C(=N)N)cc(C)n2)cn1. The summed E-state index contributed by atoms with van der Waals surface area (Å²) < 4.78 is 7.35. The monoisotopic (exact) mass is 245 g/mol. The number of amidine groups is 1. The van der Waals surface area contributed by atoms with Crippen molar-refractivity contribution < 1.29 is 4.74 Å². The molecule has 94 valence electrons. The van der Waals surface area contributed by atoms with E-state index in [9.17, 15) is 0 Å². The van der Waals surface area contributed by atoms with E-state index in [-0.39, 0.29) is 5.84 Å². The Hall–Kier alpha value is -2.37. The van der Waals surface area contributed by atoms with E-state index in [4.69, 9.17) is 15.9 Å². The highest BCUT2D eigenvalue weighted by Crippen LogP contribution is 2.20. The lowest BCUT2D eigenvalue weighted by Gasteiger charge is -2.05. The number of ether oxygens (including phenoxy) is 1. The highest BCUT2D eigenvalue weighted by atomic mass is 16.5. The first kappa shape index (κ1) is 12.1. The summed E-state index contributed by atoms with van der Waals surface area (Å²) in [6.45, 7) is 4.60. The minimum absolute atomic E-state index is 0.00500. The molecule has 0 fully saturated rings. The van der Waals surface area contributed by atoms with Crippen LogP contribution >= 0.6 is 0 Å². The number of aryl methyl sites for hydroxylation is 2. The molecule has 0 aliphatic rings. The van der Waals surface area contributed by atoms with Gasteiger partial charge in [0, 0.05) is 23.9 Å². The molecule has 0 atom stereocenters. The fraction of sp³-hybridized carbons (Fsp3) is 0.250. The standard InChI is InChI=1S/C12H15N5O/c1-3-17-7-10(6-15-17)18-11-5-9(12(13)14)4-8(2)16-11/h4-7H,3H2,1-2H3,(H3,13,14). The van der Waals surface area contributed by atoms with Crippen molar-refractivity contribution in [2.75, 3.05) is 0 Å². The number of pyridine rings is 1. The van der Waals surface area contributed by atoms with E-state index in [2.05, 4.69) is 10.1 Å². The largest absolute Gasteiger partial charge is 0.436 e. The first-order valence-electron chi connectivity index (χ1n) is 5.62. The van der Waals surface area contributed by atoms with Crippen molar-refractivity contribution in [3.63, 3.8) is 0 Å². The highest BCUT2D eigenvalue weighted by molar-refractivity contribution is 5.95. The van der Waals surface area contributed by atoms with Crippen LogP contribution in [0.5, 0.6) is 11.6 Å². The van der Waals surface area contributed by atoms with E-state index in [1.54, 1.807) is 29.2 Å². The van der Waals surface area contributed by atoms with Gasteiger partial charge in [-0.15, -0.1) is 0 Å². The summed E-state index contributed by atoms with van der Waals surface area (Å²) >= 11 is 0. The number of hydrogen-bond acceptors (Lipinski definition) is 4. The van der Waals surface area contributed by atoms with E-state index in [0.29, 0.717) is 17.2 Å². The molecular weight excluding hydrogens is 230 g/mol. The minimum atomic E-state index is -0.00500. The predicted octanol–water partition coefficient (Wildman–Crippen LogP) is 1.68. The molecule has 2 rings (SSSR count). The maximum Gasteiger partial charge on any atom is 0.220 e. The predicted molar refractivity (Wildman–Crippen MR) is 68.0 cm³/mol. The molecule has 0 spiro atoms. The van der Waals surface area contributed by atoms with Crippen LogP contribution < -0.4 is 10.5 Å². The quantitative estimate of drug-likeness (QED) is 0.633. The zero-order valence-electron chi connectivity index (χ0n) is 10.3. The molecule has 0 aromatic carbocycles. The Morgan fingerprint density at radius 2 is 2.28 bits per heavy atom. The van der Waals surface area contributed by atoms with Crippen molar-refractivity contribution in [1.82, 2.24) is 14.8 Å². The average molecular weight is 245 g/mol. The Bertz CT molecular complexity index is 576. The van der Waals surface area contributed by atoms with Gasteiger partial charge >= 0.3 is 0 Å². The minimum Gasteiger partial charge on any atom is -0.436 e. The molecule has 0 bridgehead atoms. The van der Waals surface area contributed by atoms with Crippen molar-refractivity contribution in [1.29, 1.82) is 5.41 Å². The van der Waals surface area contributed by atoms with Crippen LogP contribution in [-0.2, 0) is 6.54 Å². The van der Waals surface area contributed by atoms with Crippen molar-refractivity contribution in [3.05, 3.63) is 35.8 Å². The van der Waals surface area contributed by atoms with Gasteiger partial charge < -0.3 is 10.5 Å². The zero-order chi connectivity index (χ0) is 13.1. The summed E-state index contributed by atoms with van der Waals surface area (Å²) in [7, 11) is 0. The molecule has 0 aliphatic heterocycles. The molecule has 0 amide bonds. The number of rotatable bonds is 4. The highest BCUT2D eigenvalue weighted by Gasteiger charge is 2.06. The van der Waals surface area contributed by atoms with Crippen LogP contribution in [0.2, 0.25) is 0 Å². The van der Waals surface area contributed by atoms with Crippen molar-refractivity contribution in [3.8, 4) is 11.6 Å². The van der Waals surface area contributed by atoms with E-state index in [1.807, 2.05) is 13.8 Å². The molecule has 18 heavy (non-hydrogen) atoms. The number of nitrogens with zero attached hydrogens (tertiary/aromatic N) is 3. The lowest BCUT2D eigenvalue weighted by Crippen LogP contribution is -2.11. The van der Waals surface area contributed by atoms with Gasteiger partial charge in [-0.05, 0) is 19.9 Å². The Morgan fingerprint density at radius 1 is 1.50 bits per heavy atom. The van der Waals surface area contributed by atoms with Gasteiger partial charge in [0.25, 0.3) is 0 Å². The van der Waals surface area contributed by atoms with E-state index in [0.717, 1.165) is 12.2 Å². The van der Waals surface area contributed by atoms with Crippen molar-refractivity contribution in [2.45, 2.75) is 20.4 Å². The normalized spacial score (nSPS) is 10.3. The molecule has 2 aromatic rings. The molecule has 0 radical (unpaired) electrons. The third kappa shape index (κ3) is 2.65. The fourth-order valence-corrected chi connectivity index (χ4v) is 1.54. The molecule has 0 unspecified atom stereocenters. The van der Waals surface area contributed by atoms with Gasteiger partial charge in [-0.2, -0.15) is 5.10 Å². The maximum atomic E-state index is 7.42. The third-order valence-corrected chi connectivity index (χ3v) is 2.40. The van der Waals surface area contributed by atoms with Crippen LogP contribution in [0.15, 0.2) is 24.5 Å². The molecule has 6 heteroatoms. The second-order valence-electron chi connectivity index (χ2n) is 3.88. The maximum absolute atomic E-state index is 7.42. The summed E-state index contributed by atoms with van der Waals surface area (Å²) in [5.74, 6) is 1.02. The molecule has 2 heterocycles. The lowest BCUT2D eigenvalue weighted by atomic mass is 10.2. The summed E-state index contributed by atoms with van der Waals surface area (Å²) in [4.78, 5) is 4.24. The summed E-state index contributed by atoms with van der Waals surface area (Å²) in [5, 5.41) is 11.5. The van der Waals surface area contributed by atoms with Crippen LogP contribution in [0.3, 0.4) is 0 Å². The molecule has 2 aromatic heterocycles. The fourth-order valence-electron chi connectivity index (χ4n) is 1.54. The number of nitrogen functional groups attached to an aromatic ring is 1. The Labute approximate surface area is 105 Å². The smallest absolute Gasteiger partial charge is 0.220 e. The van der Waals surface area contributed by atoms with E-state index in [1.165, 1.54) is 0 Å². The van der Waals surface area contributed by atoms with Crippen LogP contribution in [0.25, 0.3) is 0 Å². The van der Waals surface area contributed by atoms with Gasteiger partial charge in [0.2, 0.25) is 5.88 Å². The Kier molecular flexibility index (Phi) is 3.27. The Balaban J connectivity index is 2.25. The van der Waals surface area contributed by atoms with Gasteiger partial charge in [0.05, 0.1) is 12.4 Å². The van der Waals surface area contributed by atoms with E-state index < -0.39 is 0 Å². The van der Waals surface area contributed by atoms with Crippen LogP contribution in [0, 0.1) is 12.3 Å². The van der Waals surface area contributed by atoms with Crippen LogP contribution in [0.1, 0.15) is 18.2 Å². The van der Waals surface area contributed by atoms with Gasteiger partial charge in [-0.3, -0.25) is 10.1 Å². The van der Waals surface area contributed by atoms with E-state index >= 15 is 0 Å². The van der Waals surface area contributed by atoms with Crippen LogP contribution in [0.4, 0.5) is 0 Å². The average Bonchev–Trinajstić information content (AvgIpc) is 2.76. The molecule has 6 nitrogen and oxygen atoms in total. The second kappa shape index (κ2) is 4.87. The zero-order valence-corrected chi connectivity index (χ0v) is 10.3. The summed E-state index contributed by atoms with van der Waals surface area (Å²) in [5.41, 5.74) is 6.80. The van der Waals surface area contributed by atoms with Gasteiger partial charge in [-0.1, -0.05) is 0 Å². The first-order valence-corrected chi connectivity index (χ1v) is 5.62. The second-order valence-corrected chi connectivity index (χ2v) is 3.88. The van der Waals surface area contributed by atoms with Crippen molar-refractivity contribution in [2.24, 2.45) is 5.73 Å². The van der Waals surface area contributed by atoms with Crippen LogP contribution in [-0.4, -0.2) is 20.6 Å². The number of hydrogen-bond donors (Lipinski definition) is 2. The summed E-state index contributed by atoms with van der Waals surface area (Å²) in [6, 6.07) is 3.38. The van der Waals surface area contributed by atoms with Crippen molar-refractivity contribution >= 4 is 5.84 Å². The Morgan fingerprint density at radius 3 is 2.89 bits per heavy atom. The van der Waals surface area contributed by atoms with Gasteiger partial charge in [0.1, 0.15) is 5.84 Å².